The Labute approximate surface area is 149 Å². The number of aryl methyl sites for hydroxylation is 1. The van der Waals surface area contributed by atoms with E-state index in [0.717, 1.165) is 13.1 Å². The molecule has 5 heteroatoms. The normalized spacial score (nSPS) is 18.6. The Morgan fingerprint density at radius 1 is 1.20 bits per heavy atom. The molecule has 0 radical (unpaired) electrons. The SMILES string of the molecule is C=CCNC(=O)C1(C(=O)N2CCN(c3cccc(C)c3C)CC2)CC1. The molecule has 1 saturated heterocycles. The van der Waals surface area contributed by atoms with Crippen molar-refractivity contribution < 1.29 is 9.59 Å². The average molecular weight is 341 g/mol. The third-order valence-electron chi connectivity index (χ3n) is 5.48. The smallest absolute Gasteiger partial charge is 0.238 e. The zero-order chi connectivity index (χ0) is 18.0. The first-order chi connectivity index (χ1) is 12.0. The summed E-state index contributed by atoms with van der Waals surface area (Å²) in [6, 6.07) is 6.35. The summed E-state index contributed by atoms with van der Waals surface area (Å²) in [5, 5.41) is 2.79. The van der Waals surface area contributed by atoms with Gasteiger partial charge in [-0.2, -0.15) is 0 Å². The molecular weight excluding hydrogens is 314 g/mol. The van der Waals surface area contributed by atoms with Gasteiger partial charge in [-0.05, 0) is 43.9 Å². The molecule has 0 aromatic heterocycles. The van der Waals surface area contributed by atoms with Crippen molar-refractivity contribution in [3.8, 4) is 0 Å². The molecule has 2 amide bonds. The van der Waals surface area contributed by atoms with Crippen LogP contribution in [0.3, 0.4) is 0 Å². The predicted molar refractivity (Wildman–Crippen MR) is 99.6 cm³/mol. The van der Waals surface area contributed by atoms with Crippen LogP contribution in [0, 0.1) is 19.3 Å². The van der Waals surface area contributed by atoms with Crippen LogP contribution in [-0.2, 0) is 9.59 Å². The van der Waals surface area contributed by atoms with Gasteiger partial charge in [-0.1, -0.05) is 18.2 Å². The second-order valence-corrected chi connectivity index (χ2v) is 7.08. The van der Waals surface area contributed by atoms with E-state index >= 15 is 0 Å². The van der Waals surface area contributed by atoms with E-state index in [-0.39, 0.29) is 11.8 Å². The summed E-state index contributed by atoms with van der Waals surface area (Å²) in [7, 11) is 0. The number of rotatable bonds is 5. The number of benzene rings is 1. The number of hydrogen-bond acceptors (Lipinski definition) is 3. The number of piperazine rings is 1. The highest BCUT2D eigenvalue weighted by molar-refractivity contribution is 6.08. The lowest BCUT2D eigenvalue weighted by Gasteiger charge is -2.38. The molecule has 1 aromatic rings. The molecule has 1 aromatic carbocycles. The van der Waals surface area contributed by atoms with Crippen LogP contribution in [0.25, 0.3) is 0 Å². The summed E-state index contributed by atoms with van der Waals surface area (Å²) in [5.74, 6) is -0.149. The van der Waals surface area contributed by atoms with Gasteiger partial charge in [-0.3, -0.25) is 9.59 Å². The molecule has 0 bridgehead atoms. The molecule has 3 rings (SSSR count). The monoisotopic (exact) mass is 341 g/mol. The minimum Gasteiger partial charge on any atom is -0.368 e. The van der Waals surface area contributed by atoms with Gasteiger partial charge in [0.2, 0.25) is 11.8 Å². The van der Waals surface area contributed by atoms with Gasteiger partial charge in [0.15, 0.2) is 0 Å². The second-order valence-electron chi connectivity index (χ2n) is 7.08. The van der Waals surface area contributed by atoms with Crippen molar-refractivity contribution in [2.45, 2.75) is 26.7 Å². The minimum absolute atomic E-state index is 0.00493. The van der Waals surface area contributed by atoms with E-state index in [0.29, 0.717) is 32.5 Å². The standard InChI is InChI=1S/C20H27N3O2/c1-4-10-21-18(24)20(8-9-20)19(25)23-13-11-22(12-14-23)17-7-5-6-15(2)16(17)3/h4-7H,1,8-14H2,2-3H3,(H,21,24). The molecule has 1 aliphatic heterocycles. The van der Waals surface area contributed by atoms with E-state index in [1.807, 2.05) is 4.90 Å². The molecule has 0 spiro atoms. The first-order valence-electron chi connectivity index (χ1n) is 8.99. The van der Waals surface area contributed by atoms with Crippen molar-refractivity contribution in [2.24, 2.45) is 5.41 Å². The van der Waals surface area contributed by atoms with E-state index in [4.69, 9.17) is 0 Å². The van der Waals surface area contributed by atoms with Gasteiger partial charge in [-0.15, -0.1) is 6.58 Å². The van der Waals surface area contributed by atoms with Crippen LogP contribution in [0.2, 0.25) is 0 Å². The lowest BCUT2D eigenvalue weighted by atomic mass is 10.0. The number of amides is 2. The van der Waals surface area contributed by atoms with Crippen molar-refractivity contribution in [3.05, 3.63) is 42.0 Å². The Morgan fingerprint density at radius 2 is 1.88 bits per heavy atom. The van der Waals surface area contributed by atoms with Crippen molar-refractivity contribution in [1.82, 2.24) is 10.2 Å². The highest BCUT2D eigenvalue weighted by Gasteiger charge is 2.57. The number of nitrogens with zero attached hydrogens (tertiary/aromatic N) is 2. The van der Waals surface area contributed by atoms with Gasteiger partial charge >= 0.3 is 0 Å². The van der Waals surface area contributed by atoms with Crippen LogP contribution in [0.15, 0.2) is 30.9 Å². The largest absolute Gasteiger partial charge is 0.368 e. The van der Waals surface area contributed by atoms with Gasteiger partial charge in [0.25, 0.3) is 0 Å². The van der Waals surface area contributed by atoms with E-state index in [9.17, 15) is 9.59 Å². The van der Waals surface area contributed by atoms with Crippen LogP contribution in [0.4, 0.5) is 5.69 Å². The Morgan fingerprint density at radius 3 is 2.48 bits per heavy atom. The summed E-state index contributed by atoms with van der Waals surface area (Å²) in [4.78, 5) is 29.4. The number of hydrogen-bond donors (Lipinski definition) is 1. The van der Waals surface area contributed by atoms with Crippen molar-refractivity contribution >= 4 is 17.5 Å². The van der Waals surface area contributed by atoms with Gasteiger partial charge in [0, 0.05) is 38.4 Å². The lowest BCUT2D eigenvalue weighted by Crippen LogP contribution is -2.53. The van der Waals surface area contributed by atoms with E-state index in [1.165, 1.54) is 16.8 Å². The topological polar surface area (TPSA) is 52.7 Å². The zero-order valence-electron chi connectivity index (χ0n) is 15.2. The number of nitrogens with one attached hydrogen (secondary N) is 1. The van der Waals surface area contributed by atoms with Gasteiger partial charge in [0.1, 0.15) is 5.41 Å². The summed E-state index contributed by atoms with van der Waals surface area (Å²) in [6.45, 7) is 11.2. The first kappa shape index (κ1) is 17.5. The Hall–Kier alpha value is -2.30. The molecule has 5 nitrogen and oxygen atoms in total. The van der Waals surface area contributed by atoms with Crippen LogP contribution in [-0.4, -0.2) is 49.4 Å². The number of carbonyl (C=O) groups excluding carboxylic acids is 2. The summed E-state index contributed by atoms with van der Waals surface area (Å²) >= 11 is 0. The molecule has 1 saturated carbocycles. The average Bonchev–Trinajstić information content (AvgIpc) is 3.43. The Bertz CT molecular complexity index is 686. The number of carbonyl (C=O) groups is 2. The third kappa shape index (κ3) is 3.28. The molecular formula is C20H27N3O2. The first-order valence-corrected chi connectivity index (χ1v) is 8.99. The highest BCUT2D eigenvalue weighted by Crippen LogP contribution is 2.47. The number of anilines is 1. The van der Waals surface area contributed by atoms with Gasteiger partial charge < -0.3 is 15.1 Å². The summed E-state index contributed by atoms with van der Waals surface area (Å²) < 4.78 is 0. The maximum atomic E-state index is 12.9. The van der Waals surface area contributed by atoms with Crippen LogP contribution in [0.1, 0.15) is 24.0 Å². The highest BCUT2D eigenvalue weighted by atomic mass is 16.2. The molecule has 1 aliphatic carbocycles. The fourth-order valence-corrected chi connectivity index (χ4v) is 3.53. The van der Waals surface area contributed by atoms with E-state index in [2.05, 4.69) is 48.8 Å². The molecule has 0 unspecified atom stereocenters. The quantitative estimate of drug-likeness (QED) is 0.659. The minimum atomic E-state index is -0.815. The van der Waals surface area contributed by atoms with Crippen LogP contribution < -0.4 is 10.2 Å². The maximum absolute atomic E-state index is 12.9. The fourth-order valence-electron chi connectivity index (χ4n) is 3.53. The van der Waals surface area contributed by atoms with Crippen molar-refractivity contribution in [2.75, 3.05) is 37.6 Å². The molecule has 134 valence electrons. The summed E-state index contributed by atoms with van der Waals surface area (Å²) in [6.07, 6.45) is 2.96. The Balaban J connectivity index is 1.62. The zero-order valence-corrected chi connectivity index (χ0v) is 15.2. The predicted octanol–water partition coefficient (Wildman–Crippen LogP) is 2.03. The van der Waals surface area contributed by atoms with Gasteiger partial charge in [-0.25, -0.2) is 0 Å². The second kappa shape index (κ2) is 6.90. The van der Waals surface area contributed by atoms with Crippen LogP contribution >= 0.6 is 0 Å². The maximum Gasteiger partial charge on any atom is 0.238 e. The van der Waals surface area contributed by atoms with Gasteiger partial charge in [0.05, 0.1) is 0 Å². The molecule has 0 atom stereocenters. The third-order valence-corrected chi connectivity index (χ3v) is 5.48. The molecule has 1 heterocycles. The van der Waals surface area contributed by atoms with E-state index < -0.39 is 5.41 Å². The molecule has 2 fully saturated rings. The molecule has 2 aliphatic rings. The van der Waals surface area contributed by atoms with E-state index in [1.54, 1.807) is 6.08 Å². The molecule has 25 heavy (non-hydrogen) atoms. The van der Waals surface area contributed by atoms with Crippen LogP contribution in [0.5, 0.6) is 0 Å². The van der Waals surface area contributed by atoms with Crippen molar-refractivity contribution in [3.63, 3.8) is 0 Å². The fraction of sp³-hybridized carbons (Fsp3) is 0.500. The lowest BCUT2D eigenvalue weighted by molar-refractivity contribution is -0.144. The molecule has 1 N–H and O–H groups in total. The Kier molecular flexibility index (Phi) is 4.84. The van der Waals surface area contributed by atoms with Crippen molar-refractivity contribution in [1.29, 1.82) is 0 Å². The summed E-state index contributed by atoms with van der Waals surface area (Å²) in [5.41, 5.74) is 3.01.